The molecule has 0 heterocycles. The monoisotopic (exact) mass is 256 g/mol. The summed E-state index contributed by atoms with van der Waals surface area (Å²) in [4.78, 5) is 12.1. The van der Waals surface area contributed by atoms with E-state index in [2.05, 4.69) is 24.5 Å². The van der Waals surface area contributed by atoms with Crippen LogP contribution >= 0.6 is 0 Å². The molecule has 2 aromatic rings. The fraction of sp³-hybridized carbons (Fsp3) is 0.312. The Labute approximate surface area is 114 Å². The van der Waals surface area contributed by atoms with Crippen LogP contribution in [0.15, 0.2) is 42.5 Å². The highest BCUT2D eigenvalue weighted by Crippen LogP contribution is 2.15. The van der Waals surface area contributed by atoms with E-state index < -0.39 is 0 Å². The number of likely N-dealkylation sites (N-methyl/N-ethyl adjacent to an activating group) is 1. The second kappa shape index (κ2) is 6.34. The van der Waals surface area contributed by atoms with Crippen molar-refractivity contribution in [2.45, 2.75) is 19.9 Å². The van der Waals surface area contributed by atoms with Crippen LogP contribution < -0.4 is 10.6 Å². The van der Waals surface area contributed by atoms with E-state index >= 15 is 0 Å². The lowest BCUT2D eigenvalue weighted by Gasteiger charge is -2.13. The minimum Gasteiger partial charge on any atom is -0.350 e. The standard InChI is InChI=1S/C16H20N2O/c1-3-17-12(2)11-18-16(19)15-9-8-13-6-4-5-7-14(13)10-15/h4-10,12,17H,3,11H2,1-2H3,(H,18,19)/t12-/m1/s1. The quantitative estimate of drug-likeness (QED) is 0.863. The normalized spacial score (nSPS) is 12.3. The third-order valence-corrected chi connectivity index (χ3v) is 3.13. The van der Waals surface area contributed by atoms with E-state index in [9.17, 15) is 4.79 Å². The number of hydrogen-bond donors (Lipinski definition) is 2. The summed E-state index contributed by atoms with van der Waals surface area (Å²) < 4.78 is 0. The number of fused-ring (bicyclic) bond motifs is 1. The molecule has 1 atom stereocenters. The van der Waals surface area contributed by atoms with Crippen LogP contribution in [0.4, 0.5) is 0 Å². The number of carbonyl (C=O) groups is 1. The summed E-state index contributed by atoms with van der Waals surface area (Å²) in [5.41, 5.74) is 0.711. The van der Waals surface area contributed by atoms with E-state index in [1.54, 1.807) is 0 Å². The summed E-state index contributed by atoms with van der Waals surface area (Å²) >= 11 is 0. The predicted octanol–water partition coefficient (Wildman–Crippen LogP) is 2.57. The Bertz CT molecular complexity index is 565. The van der Waals surface area contributed by atoms with Gasteiger partial charge in [-0.25, -0.2) is 0 Å². The van der Waals surface area contributed by atoms with Crippen molar-refractivity contribution >= 4 is 16.7 Å². The van der Waals surface area contributed by atoms with Crippen molar-refractivity contribution in [1.29, 1.82) is 0 Å². The Morgan fingerprint density at radius 1 is 1.16 bits per heavy atom. The van der Waals surface area contributed by atoms with Gasteiger partial charge in [0.2, 0.25) is 0 Å². The molecule has 1 amide bonds. The molecular formula is C16H20N2O. The van der Waals surface area contributed by atoms with Gasteiger partial charge in [-0.15, -0.1) is 0 Å². The first-order chi connectivity index (χ1) is 9.20. The summed E-state index contributed by atoms with van der Waals surface area (Å²) in [5.74, 6) is -0.0180. The number of amides is 1. The molecule has 0 fully saturated rings. The van der Waals surface area contributed by atoms with Crippen molar-refractivity contribution in [2.75, 3.05) is 13.1 Å². The summed E-state index contributed by atoms with van der Waals surface area (Å²) in [6.07, 6.45) is 0. The molecule has 0 saturated carbocycles. The van der Waals surface area contributed by atoms with Gasteiger partial charge in [0, 0.05) is 18.2 Å². The van der Waals surface area contributed by atoms with Gasteiger partial charge in [0.05, 0.1) is 0 Å². The molecule has 2 rings (SSSR count). The number of rotatable bonds is 5. The van der Waals surface area contributed by atoms with Gasteiger partial charge < -0.3 is 10.6 Å². The smallest absolute Gasteiger partial charge is 0.251 e. The molecule has 0 bridgehead atoms. The van der Waals surface area contributed by atoms with Crippen molar-refractivity contribution in [2.24, 2.45) is 0 Å². The van der Waals surface area contributed by atoms with Gasteiger partial charge in [-0.1, -0.05) is 37.3 Å². The molecule has 0 spiro atoms. The largest absolute Gasteiger partial charge is 0.350 e. The molecule has 19 heavy (non-hydrogen) atoms. The SMILES string of the molecule is CCN[C@H](C)CNC(=O)c1ccc2ccccc2c1. The zero-order chi connectivity index (χ0) is 13.7. The van der Waals surface area contributed by atoms with Gasteiger partial charge >= 0.3 is 0 Å². The molecule has 0 aliphatic heterocycles. The number of carbonyl (C=O) groups excluding carboxylic acids is 1. The van der Waals surface area contributed by atoms with E-state index in [0.29, 0.717) is 12.1 Å². The fourth-order valence-corrected chi connectivity index (χ4v) is 2.10. The van der Waals surface area contributed by atoms with Gasteiger partial charge in [0.15, 0.2) is 0 Å². The molecule has 0 saturated heterocycles. The molecule has 0 aliphatic rings. The van der Waals surface area contributed by atoms with Crippen LogP contribution in [-0.2, 0) is 0 Å². The molecule has 0 aliphatic carbocycles. The van der Waals surface area contributed by atoms with Gasteiger partial charge in [0.25, 0.3) is 5.91 Å². The van der Waals surface area contributed by atoms with Gasteiger partial charge in [0.1, 0.15) is 0 Å². The maximum Gasteiger partial charge on any atom is 0.251 e. The first-order valence-corrected chi connectivity index (χ1v) is 6.71. The van der Waals surface area contributed by atoms with Gasteiger partial charge in [-0.2, -0.15) is 0 Å². The third kappa shape index (κ3) is 3.55. The molecule has 0 unspecified atom stereocenters. The third-order valence-electron chi connectivity index (χ3n) is 3.13. The molecule has 3 nitrogen and oxygen atoms in total. The van der Waals surface area contributed by atoms with E-state index in [0.717, 1.165) is 17.3 Å². The number of nitrogens with one attached hydrogen (secondary N) is 2. The second-order valence-corrected chi connectivity index (χ2v) is 4.73. The van der Waals surface area contributed by atoms with Crippen LogP contribution in [0.2, 0.25) is 0 Å². The molecule has 100 valence electrons. The Balaban J connectivity index is 2.05. The van der Waals surface area contributed by atoms with E-state index in [4.69, 9.17) is 0 Å². The minimum atomic E-state index is -0.0180. The van der Waals surface area contributed by atoms with E-state index in [1.807, 2.05) is 42.5 Å². The molecule has 2 N–H and O–H groups in total. The number of hydrogen-bond acceptors (Lipinski definition) is 2. The van der Waals surface area contributed by atoms with Crippen molar-refractivity contribution in [1.82, 2.24) is 10.6 Å². The number of benzene rings is 2. The van der Waals surface area contributed by atoms with Crippen molar-refractivity contribution in [3.63, 3.8) is 0 Å². The summed E-state index contributed by atoms with van der Waals surface area (Å²) in [6, 6.07) is 14.1. The van der Waals surface area contributed by atoms with Gasteiger partial charge in [-0.3, -0.25) is 4.79 Å². The summed E-state index contributed by atoms with van der Waals surface area (Å²) in [7, 11) is 0. The molecular weight excluding hydrogens is 236 g/mol. The Morgan fingerprint density at radius 3 is 2.63 bits per heavy atom. The Morgan fingerprint density at radius 2 is 1.89 bits per heavy atom. The van der Waals surface area contributed by atoms with E-state index in [-0.39, 0.29) is 11.9 Å². The highest BCUT2D eigenvalue weighted by molar-refractivity contribution is 5.98. The Hall–Kier alpha value is -1.87. The lowest BCUT2D eigenvalue weighted by molar-refractivity contribution is 0.0950. The predicted molar refractivity (Wildman–Crippen MR) is 79.4 cm³/mol. The average molecular weight is 256 g/mol. The zero-order valence-electron chi connectivity index (χ0n) is 11.4. The van der Waals surface area contributed by atoms with Crippen molar-refractivity contribution < 1.29 is 4.79 Å². The Kier molecular flexibility index (Phi) is 4.53. The van der Waals surface area contributed by atoms with Crippen LogP contribution in [0.3, 0.4) is 0 Å². The van der Waals surface area contributed by atoms with Crippen LogP contribution in [0.5, 0.6) is 0 Å². The van der Waals surface area contributed by atoms with E-state index in [1.165, 1.54) is 0 Å². The average Bonchev–Trinajstić information content (AvgIpc) is 2.44. The van der Waals surface area contributed by atoms with Crippen molar-refractivity contribution in [3.8, 4) is 0 Å². The fourth-order valence-electron chi connectivity index (χ4n) is 2.10. The minimum absolute atomic E-state index is 0.0180. The molecule has 0 aromatic heterocycles. The summed E-state index contributed by atoms with van der Waals surface area (Å²) in [5, 5.41) is 8.46. The second-order valence-electron chi connectivity index (χ2n) is 4.73. The van der Waals surface area contributed by atoms with Crippen LogP contribution in [0.25, 0.3) is 10.8 Å². The summed E-state index contributed by atoms with van der Waals surface area (Å²) in [6.45, 7) is 5.67. The maximum absolute atomic E-state index is 12.1. The van der Waals surface area contributed by atoms with Crippen molar-refractivity contribution in [3.05, 3.63) is 48.0 Å². The van der Waals surface area contributed by atoms with Gasteiger partial charge in [-0.05, 0) is 36.4 Å². The maximum atomic E-state index is 12.1. The first kappa shape index (κ1) is 13.6. The highest BCUT2D eigenvalue weighted by atomic mass is 16.1. The molecule has 2 aromatic carbocycles. The lowest BCUT2D eigenvalue weighted by Crippen LogP contribution is -2.38. The lowest BCUT2D eigenvalue weighted by atomic mass is 10.1. The first-order valence-electron chi connectivity index (χ1n) is 6.71. The van der Waals surface area contributed by atoms with Crippen LogP contribution in [0.1, 0.15) is 24.2 Å². The highest BCUT2D eigenvalue weighted by Gasteiger charge is 2.07. The molecule has 3 heteroatoms. The molecule has 0 radical (unpaired) electrons. The zero-order valence-corrected chi connectivity index (χ0v) is 11.4. The van der Waals surface area contributed by atoms with Crippen LogP contribution in [-0.4, -0.2) is 25.0 Å². The topological polar surface area (TPSA) is 41.1 Å². The van der Waals surface area contributed by atoms with Crippen LogP contribution in [0, 0.1) is 0 Å².